The molecule has 0 radical (unpaired) electrons. The third-order valence-corrected chi connectivity index (χ3v) is 9.44. The number of hydrogen-bond donors (Lipinski definition) is 2. The molecule has 2 N–H and O–H groups in total. The number of thiophene rings is 1. The molecule has 1 atom stereocenters. The number of carbonyl (C=O) groups is 1. The van der Waals surface area contributed by atoms with E-state index in [0.29, 0.717) is 16.4 Å². The maximum Gasteiger partial charge on any atom is 0.271 e. The van der Waals surface area contributed by atoms with E-state index in [2.05, 4.69) is 10.0 Å². The lowest BCUT2D eigenvalue weighted by molar-refractivity contribution is -0.115. The number of anilines is 2. The maximum atomic E-state index is 13.3. The van der Waals surface area contributed by atoms with Gasteiger partial charge in [0.2, 0.25) is 5.91 Å². The molecule has 4 rings (SSSR count). The van der Waals surface area contributed by atoms with Gasteiger partial charge in [-0.25, -0.2) is 8.42 Å². The Kier molecular flexibility index (Phi) is 7.63. The van der Waals surface area contributed by atoms with Crippen LogP contribution >= 0.6 is 34.7 Å². The number of thioether (sulfide) groups is 1. The maximum absolute atomic E-state index is 13.3. The van der Waals surface area contributed by atoms with Gasteiger partial charge >= 0.3 is 0 Å². The molecule has 0 aliphatic rings. The highest BCUT2D eigenvalue weighted by molar-refractivity contribution is 8.00. The lowest BCUT2D eigenvalue weighted by Gasteiger charge is -2.18. The molecule has 0 bridgehead atoms. The molecule has 0 aliphatic carbocycles. The van der Waals surface area contributed by atoms with Gasteiger partial charge in [-0.1, -0.05) is 54.1 Å². The summed E-state index contributed by atoms with van der Waals surface area (Å²) in [5.74, 6) is -0.177. The zero-order valence-corrected chi connectivity index (χ0v) is 21.3. The largest absolute Gasteiger partial charge is 0.325 e. The summed E-state index contributed by atoms with van der Waals surface area (Å²) < 4.78 is 27.7. The fourth-order valence-electron chi connectivity index (χ4n) is 3.20. The lowest BCUT2D eigenvalue weighted by atomic mass is 10.1. The SMILES string of the molecule is Cc1c(Cl)cccc1NC(=O)C(Sc1ccc(NS(=O)(=O)c2cccs2)cc1)c1ccccc1. The molecule has 0 spiro atoms. The van der Waals surface area contributed by atoms with Crippen molar-refractivity contribution in [2.75, 3.05) is 10.0 Å². The number of rotatable bonds is 8. The van der Waals surface area contributed by atoms with Crippen molar-refractivity contribution in [1.82, 2.24) is 0 Å². The second-order valence-electron chi connectivity index (χ2n) is 7.37. The minimum Gasteiger partial charge on any atom is -0.325 e. The van der Waals surface area contributed by atoms with Crippen molar-refractivity contribution in [2.24, 2.45) is 0 Å². The average molecular weight is 529 g/mol. The smallest absolute Gasteiger partial charge is 0.271 e. The molecule has 1 aromatic heterocycles. The summed E-state index contributed by atoms with van der Waals surface area (Å²) in [5, 5.41) is 4.77. The lowest BCUT2D eigenvalue weighted by Crippen LogP contribution is -2.19. The van der Waals surface area contributed by atoms with Gasteiger partial charge in [0.25, 0.3) is 10.0 Å². The number of sulfonamides is 1. The molecule has 5 nitrogen and oxygen atoms in total. The molecule has 1 heterocycles. The standard InChI is InChI=1S/C25H21ClN2O3S3/c1-17-21(26)9-5-10-22(17)27-25(29)24(18-7-3-2-4-8-18)33-20-14-12-19(13-15-20)28-34(30,31)23-11-6-16-32-23/h2-16,24,28H,1H3,(H,27,29). The molecule has 1 amide bonds. The summed E-state index contributed by atoms with van der Waals surface area (Å²) in [5.41, 5.74) is 2.77. The van der Waals surface area contributed by atoms with Crippen molar-refractivity contribution in [2.45, 2.75) is 21.3 Å². The molecule has 0 aliphatic heterocycles. The zero-order chi connectivity index (χ0) is 24.1. The molecule has 174 valence electrons. The van der Waals surface area contributed by atoms with Crippen LogP contribution in [0.2, 0.25) is 5.02 Å². The minimum absolute atomic E-state index is 0.177. The first-order valence-electron chi connectivity index (χ1n) is 10.3. The topological polar surface area (TPSA) is 75.3 Å². The second kappa shape index (κ2) is 10.7. The van der Waals surface area contributed by atoms with Crippen molar-refractivity contribution in [3.63, 3.8) is 0 Å². The van der Waals surface area contributed by atoms with E-state index in [9.17, 15) is 13.2 Å². The predicted octanol–water partition coefficient (Wildman–Crippen LogP) is 6.98. The van der Waals surface area contributed by atoms with Crippen LogP contribution in [0.1, 0.15) is 16.4 Å². The fourth-order valence-corrected chi connectivity index (χ4v) is 6.45. The summed E-state index contributed by atoms with van der Waals surface area (Å²) in [6.45, 7) is 1.86. The summed E-state index contributed by atoms with van der Waals surface area (Å²) in [4.78, 5) is 14.1. The normalized spacial score (nSPS) is 12.2. The molecule has 0 saturated heterocycles. The Morgan fingerprint density at radius 2 is 1.68 bits per heavy atom. The van der Waals surface area contributed by atoms with E-state index in [4.69, 9.17) is 11.6 Å². The number of hydrogen-bond acceptors (Lipinski definition) is 5. The van der Waals surface area contributed by atoms with E-state index in [1.807, 2.05) is 43.3 Å². The van der Waals surface area contributed by atoms with E-state index >= 15 is 0 Å². The summed E-state index contributed by atoms with van der Waals surface area (Å²) in [6, 6.07) is 25.1. The van der Waals surface area contributed by atoms with E-state index < -0.39 is 15.3 Å². The van der Waals surface area contributed by atoms with Crippen LogP contribution in [0.15, 0.2) is 99.4 Å². The van der Waals surface area contributed by atoms with Crippen molar-refractivity contribution < 1.29 is 13.2 Å². The Balaban J connectivity index is 1.54. The molecule has 0 saturated carbocycles. The van der Waals surface area contributed by atoms with E-state index in [-0.39, 0.29) is 10.1 Å². The van der Waals surface area contributed by atoms with Crippen molar-refractivity contribution >= 4 is 62.0 Å². The molecular formula is C25H21ClN2O3S3. The van der Waals surface area contributed by atoms with Crippen LogP contribution in [0.5, 0.6) is 0 Å². The Labute approximate surface area is 212 Å². The molecule has 3 aromatic carbocycles. The fraction of sp³-hybridized carbons (Fsp3) is 0.0800. The molecule has 0 fully saturated rings. The van der Waals surface area contributed by atoms with E-state index in [1.165, 1.54) is 11.8 Å². The van der Waals surface area contributed by atoms with Crippen molar-refractivity contribution in [1.29, 1.82) is 0 Å². The number of halogens is 1. The Bertz CT molecular complexity index is 1370. The first kappa shape index (κ1) is 24.3. The van der Waals surface area contributed by atoms with Gasteiger partial charge in [-0.15, -0.1) is 23.1 Å². The van der Waals surface area contributed by atoms with Gasteiger partial charge in [0.05, 0.1) is 0 Å². The Morgan fingerprint density at radius 1 is 0.941 bits per heavy atom. The summed E-state index contributed by atoms with van der Waals surface area (Å²) >= 11 is 8.75. The quantitative estimate of drug-likeness (QED) is 0.242. The predicted molar refractivity (Wildman–Crippen MR) is 141 cm³/mol. The van der Waals surface area contributed by atoms with Gasteiger partial charge < -0.3 is 5.32 Å². The van der Waals surface area contributed by atoms with Crippen LogP contribution in [0.3, 0.4) is 0 Å². The number of benzene rings is 3. The summed E-state index contributed by atoms with van der Waals surface area (Å²) in [6.07, 6.45) is 0. The molecule has 1 unspecified atom stereocenters. The molecule has 4 aromatic rings. The second-order valence-corrected chi connectivity index (χ2v) is 11.8. The highest BCUT2D eigenvalue weighted by Crippen LogP contribution is 2.37. The third kappa shape index (κ3) is 5.82. The number of nitrogens with one attached hydrogen (secondary N) is 2. The van der Waals surface area contributed by atoms with Gasteiger partial charge in [-0.3, -0.25) is 9.52 Å². The highest BCUT2D eigenvalue weighted by Gasteiger charge is 2.23. The third-order valence-electron chi connectivity index (χ3n) is 4.99. The van der Waals surface area contributed by atoms with Crippen LogP contribution < -0.4 is 10.0 Å². The van der Waals surface area contributed by atoms with Crippen LogP contribution in [0, 0.1) is 6.92 Å². The van der Waals surface area contributed by atoms with Crippen LogP contribution in [-0.2, 0) is 14.8 Å². The average Bonchev–Trinajstić information content (AvgIpc) is 3.38. The minimum atomic E-state index is -3.62. The number of amides is 1. The molecule has 34 heavy (non-hydrogen) atoms. The monoisotopic (exact) mass is 528 g/mol. The van der Waals surface area contributed by atoms with E-state index in [1.54, 1.807) is 53.9 Å². The van der Waals surface area contributed by atoms with Gasteiger partial charge in [-0.05, 0) is 65.9 Å². The molecule has 9 heteroatoms. The van der Waals surface area contributed by atoms with Gasteiger partial charge in [0, 0.05) is 21.3 Å². The van der Waals surface area contributed by atoms with Gasteiger partial charge in [0.1, 0.15) is 9.46 Å². The van der Waals surface area contributed by atoms with Gasteiger partial charge in [0.15, 0.2) is 0 Å². The van der Waals surface area contributed by atoms with E-state index in [0.717, 1.165) is 27.4 Å². The highest BCUT2D eigenvalue weighted by atomic mass is 35.5. The zero-order valence-electron chi connectivity index (χ0n) is 18.1. The Morgan fingerprint density at radius 3 is 2.35 bits per heavy atom. The van der Waals surface area contributed by atoms with Crippen molar-refractivity contribution in [3.05, 3.63) is 106 Å². The van der Waals surface area contributed by atoms with Crippen LogP contribution in [-0.4, -0.2) is 14.3 Å². The van der Waals surface area contributed by atoms with Crippen LogP contribution in [0.25, 0.3) is 0 Å². The number of carbonyl (C=O) groups excluding carboxylic acids is 1. The summed E-state index contributed by atoms with van der Waals surface area (Å²) in [7, 11) is -3.62. The first-order chi connectivity index (χ1) is 16.3. The van der Waals surface area contributed by atoms with Crippen molar-refractivity contribution in [3.8, 4) is 0 Å². The van der Waals surface area contributed by atoms with Gasteiger partial charge in [-0.2, -0.15) is 0 Å². The molecular weight excluding hydrogens is 508 g/mol. The van der Waals surface area contributed by atoms with Crippen LogP contribution in [0.4, 0.5) is 11.4 Å². The first-order valence-corrected chi connectivity index (χ1v) is 13.9. The Hall–Kier alpha value is -2.78.